The molecule has 4 nitrogen and oxygen atoms in total. The summed E-state index contributed by atoms with van der Waals surface area (Å²) in [6, 6.07) is 14.7. The van der Waals surface area contributed by atoms with Gasteiger partial charge in [0.2, 0.25) is 0 Å². The first-order valence-electron chi connectivity index (χ1n) is 6.52. The fraction of sp³-hybridized carbons (Fsp3) is 0.125. The largest absolute Gasteiger partial charge is 0.386 e. The Morgan fingerprint density at radius 3 is 2.82 bits per heavy atom. The molecule has 0 aliphatic rings. The van der Waals surface area contributed by atoms with Crippen molar-refractivity contribution in [1.29, 1.82) is 0 Å². The van der Waals surface area contributed by atoms with E-state index in [9.17, 15) is 4.79 Å². The molecule has 0 spiro atoms. The minimum Gasteiger partial charge on any atom is -0.386 e. The van der Waals surface area contributed by atoms with Crippen LogP contribution in [0.2, 0.25) is 5.02 Å². The van der Waals surface area contributed by atoms with E-state index in [0.717, 1.165) is 16.1 Å². The van der Waals surface area contributed by atoms with Crippen LogP contribution >= 0.6 is 23.4 Å². The van der Waals surface area contributed by atoms with Crippen LogP contribution in [0.15, 0.2) is 58.6 Å². The number of carbonyl (C=O) groups is 1. The molecule has 0 fully saturated rings. The second-order valence-corrected chi connectivity index (χ2v) is 5.66. The first-order valence-corrected chi connectivity index (χ1v) is 8.12. The molecule has 0 aliphatic heterocycles. The molecule has 0 bridgehead atoms. The number of rotatable bonds is 6. The summed E-state index contributed by atoms with van der Waals surface area (Å²) in [5.41, 5.74) is 1.58. The first kappa shape index (κ1) is 16.4. The number of amides is 1. The Labute approximate surface area is 138 Å². The van der Waals surface area contributed by atoms with Crippen molar-refractivity contribution in [3.05, 3.63) is 59.1 Å². The van der Waals surface area contributed by atoms with Crippen molar-refractivity contribution in [2.24, 2.45) is 5.16 Å². The molecule has 0 radical (unpaired) electrons. The van der Waals surface area contributed by atoms with Crippen LogP contribution in [-0.2, 0) is 9.63 Å². The van der Waals surface area contributed by atoms with Crippen molar-refractivity contribution in [2.75, 3.05) is 18.2 Å². The molecule has 0 aliphatic carbocycles. The Morgan fingerprint density at radius 2 is 2.09 bits per heavy atom. The van der Waals surface area contributed by atoms with Gasteiger partial charge >= 0.3 is 0 Å². The Balaban J connectivity index is 1.78. The maximum Gasteiger partial charge on any atom is 0.265 e. The summed E-state index contributed by atoms with van der Waals surface area (Å²) in [5, 5.41) is 7.17. The quantitative estimate of drug-likeness (QED) is 0.492. The monoisotopic (exact) mass is 334 g/mol. The lowest BCUT2D eigenvalue weighted by molar-refractivity contribution is -0.120. The molecule has 0 heterocycles. The van der Waals surface area contributed by atoms with Gasteiger partial charge in [-0.1, -0.05) is 35.0 Å². The average molecular weight is 335 g/mol. The van der Waals surface area contributed by atoms with Crippen LogP contribution in [-0.4, -0.2) is 25.0 Å². The average Bonchev–Trinajstić information content (AvgIpc) is 2.53. The number of benzene rings is 2. The number of oxime groups is 1. The van der Waals surface area contributed by atoms with Crippen LogP contribution in [0.1, 0.15) is 5.56 Å². The lowest BCUT2D eigenvalue weighted by atomic mass is 10.2. The zero-order chi connectivity index (χ0) is 15.8. The van der Waals surface area contributed by atoms with E-state index in [0.29, 0.717) is 5.02 Å². The van der Waals surface area contributed by atoms with Crippen LogP contribution in [0.3, 0.4) is 0 Å². The standard InChI is InChI=1S/C16H15ClN2O2S/c1-22-15-4-2-3-14(9-15)19-16(20)11-21-18-10-12-5-7-13(17)8-6-12/h2-10H,11H2,1H3,(H,19,20)/b18-10-. The summed E-state index contributed by atoms with van der Waals surface area (Å²) < 4.78 is 0. The highest BCUT2D eigenvalue weighted by Crippen LogP contribution is 2.18. The SMILES string of the molecule is CSc1cccc(NC(=O)CO/N=C\c2ccc(Cl)cc2)c1. The van der Waals surface area contributed by atoms with Crippen LogP contribution in [0.5, 0.6) is 0 Å². The number of nitrogens with one attached hydrogen (secondary N) is 1. The molecule has 0 atom stereocenters. The predicted octanol–water partition coefficient (Wildman–Crippen LogP) is 4.05. The second kappa shape index (κ2) is 8.46. The molecule has 0 saturated carbocycles. The van der Waals surface area contributed by atoms with E-state index >= 15 is 0 Å². The Morgan fingerprint density at radius 1 is 1.32 bits per heavy atom. The molecule has 1 N–H and O–H groups in total. The summed E-state index contributed by atoms with van der Waals surface area (Å²) in [4.78, 5) is 17.8. The summed E-state index contributed by atoms with van der Waals surface area (Å²) in [6.07, 6.45) is 3.51. The number of hydrogen-bond donors (Lipinski definition) is 1. The van der Waals surface area contributed by atoms with Gasteiger partial charge < -0.3 is 10.2 Å². The molecule has 6 heteroatoms. The number of nitrogens with zero attached hydrogens (tertiary/aromatic N) is 1. The van der Waals surface area contributed by atoms with Crippen LogP contribution < -0.4 is 5.32 Å². The van der Waals surface area contributed by atoms with E-state index in [1.807, 2.05) is 42.7 Å². The van der Waals surface area contributed by atoms with E-state index in [1.165, 1.54) is 6.21 Å². The highest BCUT2D eigenvalue weighted by Gasteiger charge is 2.03. The second-order valence-electron chi connectivity index (χ2n) is 4.34. The number of anilines is 1. The molecule has 2 aromatic carbocycles. The smallest absolute Gasteiger partial charge is 0.265 e. The molecule has 0 saturated heterocycles. The Kier molecular flexibility index (Phi) is 6.30. The highest BCUT2D eigenvalue weighted by molar-refractivity contribution is 7.98. The van der Waals surface area contributed by atoms with Crippen molar-refractivity contribution in [1.82, 2.24) is 0 Å². The van der Waals surface area contributed by atoms with Crippen molar-refractivity contribution in [3.8, 4) is 0 Å². The maximum absolute atomic E-state index is 11.7. The molecule has 114 valence electrons. The van der Waals surface area contributed by atoms with Gasteiger partial charge in [0, 0.05) is 15.6 Å². The summed E-state index contributed by atoms with van der Waals surface area (Å²) in [6.45, 7) is -0.145. The summed E-state index contributed by atoms with van der Waals surface area (Å²) >= 11 is 7.40. The van der Waals surface area contributed by atoms with E-state index < -0.39 is 0 Å². The van der Waals surface area contributed by atoms with E-state index in [1.54, 1.807) is 23.9 Å². The van der Waals surface area contributed by atoms with Gasteiger partial charge in [-0.15, -0.1) is 11.8 Å². The minimum atomic E-state index is -0.258. The molecule has 2 rings (SSSR count). The van der Waals surface area contributed by atoms with E-state index in [2.05, 4.69) is 10.5 Å². The Hall–Kier alpha value is -1.98. The third-order valence-electron chi connectivity index (χ3n) is 2.70. The topological polar surface area (TPSA) is 50.7 Å². The lowest BCUT2D eigenvalue weighted by Crippen LogP contribution is -2.16. The lowest BCUT2D eigenvalue weighted by Gasteiger charge is -2.05. The molecular weight excluding hydrogens is 320 g/mol. The minimum absolute atomic E-state index is 0.145. The van der Waals surface area contributed by atoms with Gasteiger partial charge in [-0.25, -0.2) is 0 Å². The summed E-state index contributed by atoms with van der Waals surface area (Å²) in [5.74, 6) is -0.258. The third kappa shape index (κ3) is 5.42. The van der Waals surface area contributed by atoms with Gasteiger partial charge in [0.05, 0.1) is 6.21 Å². The van der Waals surface area contributed by atoms with Crippen LogP contribution in [0.25, 0.3) is 0 Å². The molecule has 2 aromatic rings. The first-order chi connectivity index (χ1) is 10.7. The van der Waals surface area contributed by atoms with Gasteiger partial charge in [0.25, 0.3) is 5.91 Å². The van der Waals surface area contributed by atoms with Crippen molar-refractivity contribution < 1.29 is 9.63 Å². The molecule has 22 heavy (non-hydrogen) atoms. The molecular formula is C16H15ClN2O2S. The number of thioether (sulfide) groups is 1. The van der Waals surface area contributed by atoms with Crippen molar-refractivity contribution in [3.63, 3.8) is 0 Å². The van der Waals surface area contributed by atoms with Gasteiger partial charge in [-0.05, 0) is 42.2 Å². The van der Waals surface area contributed by atoms with E-state index in [-0.39, 0.29) is 12.5 Å². The maximum atomic E-state index is 11.7. The van der Waals surface area contributed by atoms with Crippen LogP contribution in [0.4, 0.5) is 5.69 Å². The molecule has 0 aromatic heterocycles. The zero-order valence-corrected chi connectivity index (χ0v) is 13.5. The summed E-state index contributed by atoms with van der Waals surface area (Å²) in [7, 11) is 0. The van der Waals surface area contributed by atoms with Crippen LogP contribution in [0, 0.1) is 0 Å². The number of hydrogen-bond acceptors (Lipinski definition) is 4. The van der Waals surface area contributed by atoms with E-state index in [4.69, 9.17) is 16.4 Å². The Bertz CT molecular complexity index is 659. The highest BCUT2D eigenvalue weighted by atomic mass is 35.5. The van der Waals surface area contributed by atoms with Gasteiger partial charge in [-0.3, -0.25) is 4.79 Å². The predicted molar refractivity (Wildman–Crippen MR) is 91.9 cm³/mol. The van der Waals surface area contributed by atoms with Crippen molar-refractivity contribution in [2.45, 2.75) is 4.90 Å². The normalized spacial score (nSPS) is 10.6. The zero-order valence-electron chi connectivity index (χ0n) is 12.0. The van der Waals surface area contributed by atoms with Crippen molar-refractivity contribution >= 4 is 41.2 Å². The fourth-order valence-electron chi connectivity index (χ4n) is 1.64. The fourth-order valence-corrected chi connectivity index (χ4v) is 2.23. The number of halogens is 1. The van der Waals surface area contributed by atoms with Gasteiger partial charge in [0.15, 0.2) is 6.61 Å². The third-order valence-corrected chi connectivity index (χ3v) is 3.67. The van der Waals surface area contributed by atoms with Gasteiger partial charge in [-0.2, -0.15) is 0 Å². The molecule has 0 unspecified atom stereocenters. The number of carbonyl (C=O) groups excluding carboxylic acids is 1. The molecule has 1 amide bonds. The van der Waals surface area contributed by atoms with Gasteiger partial charge in [0.1, 0.15) is 0 Å².